The molecule has 3 rings (SSSR count). The molecule has 1 aliphatic heterocycles. The van der Waals surface area contributed by atoms with E-state index in [9.17, 15) is 9.18 Å². The Morgan fingerprint density at radius 1 is 1.30 bits per heavy atom. The second-order valence-corrected chi connectivity index (χ2v) is 5.93. The van der Waals surface area contributed by atoms with E-state index in [4.69, 9.17) is 4.74 Å². The van der Waals surface area contributed by atoms with E-state index in [1.807, 2.05) is 30.3 Å². The molecule has 2 aromatic carbocycles. The number of carbonyl (C=O) groups is 1. The van der Waals surface area contributed by atoms with Gasteiger partial charge < -0.3 is 10.1 Å². The first-order chi connectivity index (χ1) is 11.1. The summed E-state index contributed by atoms with van der Waals surface area (Å²) in [4.78, 5) is 12.0. The molecule has 0 spiro atoms. The first kappa shape index (κ1) is 15.5. The third-order valence-corrected chi connectivity index (χ3v) is 4.22. The lowest BCUT2D eigenvalue weighted by atomic mass is 10.0. The highest BCUT2D eigenvalue weighted by Crippen LogP contribution is 2.32. The molecule has 1 heterocycles. The lowest BCUT2D eigenvalue weighted by molar-refractivity contribution is -0.121. The maximum absolute atomic E-state index is 13.5. The maximum Gasteiger partial charge on any atom is 0.220 e. The zero-order chi connectivity index (χ0) is 16.2. The lowest BCUT2D eigenvalue weighted by Gasteiger charge is -2.10. The second kappa shape index (κ2) is 6.82. The van der Waals surface area contributed by atoms with Crippen molar-refractivity contribution in [1.82, 2.24) is 5.32 Å². The van der Waals surface area contributed by atoms with Crippen molar-refractivity contribution in [3.8, 4) is 5.75 Å². The second-order valence-electron chi connectivity index (χ2n) is 5.93. The van der Waals surface area contributed by atoms with E-state index in [2.05, 4.69) is 5.32 Å². The smallest absolute Gasteiger partial charge is 0.220 e. The summed E-state index contributed by atoms with van der Waals surface area (Å²) < 4.78 is 19.1. The minimum Gasteiger partial charge on any atom is -0.493 e. The molecule has 0 radical (unpaired) electrons. The van der Waals surface area contributed by atoms with Crippen molar-refractivity contribution in [2.45, 2.75) is 25.7 Å². The van der Waals surface area contributed by atoms with Gasteiger partial charge in [-0.2, -0.15) is 0 Å². The largest absolute Gasteiger partial charge is 0.493 e. The first-order valence-corrected chi connectivity index (χ1v) is 7.87. The molecule has 2 aromatic rings. The van der Waals surface area contributed by atoms with Gasteiger partial charge in [-0.05, 0) is 36.6 Å². The summed E-state index contributed by atoms with van der Waals surface area (Å²) in [6.45, 7) is 2.90. The summed E-state index contributed by atoms with van der Waals surface area (Å²) in [5.74, 6) is 0.867. The Kier molecular flexibility index (Phi) is 4.60. The number of nitrogens with one attached hydrogen (secondary N) is 1. The van der Waals surface area contributed by atoms with Crippen molar-refractivity contribution in [2.24, 2.45) is 0 Å². The van der Waals surface area contributed by atoms with Crippen LogP contribution in [0.2, 0.25) is 0 Å². The van der Waals surface area contributed by atoms with Crippen molar-refractivity contribution < 1.29 is 13.9 Å². The number of ether oxygens (including phenoxy) is 1. The van der Waals surface area contributed by atoms with Crippen molar-refractivity contribution in [2.75, 3.05) is 13.2 Å². The Morgan fingerprint density at radius 2 is 2.13 bits per heavy atom. The Hall–Kier alpha value is -2.36. The fourth-order valence-electron chi connectivity index (χ4n) is 2.77. The molecular weight excluding hydrogens is 293 g/mol. The van der Waals surface area contributed by atoms with E-state index in [1.165, 1.54) is 6.07 Å². The first-order valence-electron chi connectivity index (χ1n) is 7.87. The number of hydrogen-bond donors (Lipinski definition) is 1. The molecule has 3 nitrogen and oxygen atoms in total. The third-order valence-electron chi connectivity index (χ3n) is 4.22. The molecule has 1 amide bonds. The predicted molar refractivity (Wildman–Crippen MR) is 87.1 cm³/mol. The van der Waals surface area contributed by atoms with Crippen molar-refractivity contribution in [3.63, 3.8) is 0 Å². The molecule has 1 atom stereocenters. The SMILES string of the molecule is Cc1ccc(CCC(=O)NCC2COc3ccccc32)cc1F. The minimum absolute atomic E-state index is 0.0182. The highest BCUT2D eigenvalue weighted by Gasteiger charge is 2.23. The summed E-state index contributed by atoms with van der Waals surface area (Å²) in [7, 11) is 0. The fraction of sp³-hybridized carbons (Fsp3) is 0.316. The number of halogens is 1. The van der Waals surface area contributed by atoms with Crippen LogP contribution >= 0.6 is 0 Å². The summed E-state index contributed by atoms with van der Waals surface area (Å²) in [5.41, 5.74) is 2.62. The molecule has 0 aromatic heterocycles. The minimum atomic E-state index is -0.220. The molecular formula is C19H20FNO2. The zero-order valence-corrected chi connectivity index (χ0v) is 13.1. The Bertz CT molecular complexity index is 714. The van der Waals surface area contributed by atoms with E-state index in [0.29, 0.717) is 31.6 Å². The molecule has 4 heteroatoms. The van der Waals surface area contributed by atoms with E-state index in [-0.39, 0.29) is 17.6 Å². The van der Waals surface area contributed by atoms with E-state index in [1.54, 1.807) is 13.0 Å². The molecule has 1 unspecified atom stereocenters. The number of rotatable bonds is 5. The van der Waals surface area contributed by atoms with Crippen LogP contribution in [0.5, 0.6) is 5.75 Å². The third kappa shape index (κ3) is 3.70. The van der Waals surface area contributed by atoms with E-state index < -0.39 is 0 Å². The van der Waals surface area contributed by atoms with Gasteiger partial charge in [0.25, 0.3) is 0 Å². The van der Waals surface area contributed by atoms with Crippen LogP contribution in [0, 0.1) is 12.7 Å². The van der Waals surface area contributed by atoms with Gasteiger partial charge in [0.15, 0.2) is 0 Å². The van der Waals surface area contributed by atoms with Crippen molar-refractivity contribution in [3.05, 3.63) is 65.0 Å². The van der Waals surface area contributed by atoms with Gasteiger partial charge in [-0.3, -0.25) is 4.79 Å². The van der Waals surface area contributed by atoms with Crippen LogP contribution in [0.4, 0.5) is 4.39 Å². The standard InChI is InChI=1S/C19H20FNO2/c1-13-6-7-14(10-17(13)20)8-9-19(22)21-11-15-12-23-18-5-3-2-4-16(15)18/h2-7,10,15H,8-9,11-12H2,1H3,(H,21,22). The number of fused-ring (bicyclic) bond motifs is 1. The van der Waals surface area contributed by atoms with Gasteiger partial charge in [-0.15, -0.1) is 0 Å². The number of hydrogen-bond acceptors (Lipinski definition) is 2. The van der Waals surface area contributed by atoms with Crippen LogP contribution in [-0.4, -0.2) is 19.1 Å². The Morgan fingerprint density at radius 3 is 2.96 bits per heavy atom. The van der Waals surface area contributed by atoms with Crippen LogP contribution in [0.25, 0.3) is 0 Å². The lowest BCUT2D eigenvalue weighted by Crippen LogP contribution is -2.29. The van der Waals surface area contributed by atoms with Gasteiger partial charge in [-0.25, -0.2) is 4.39 Å². The molecule has 0 fully saturated rings. The topological polar surface area (TPSA) is 38.3 Å². The molecule has 0 saturated carbocycles. The Labute approximate surface area is 135 Å². The number of aryl methyl sites for hydroxylation is 2. The van der Waals surface area contributed by atoms with Gasteiger partial charge in [-0.1, -0.05) is 30.3 Å². The van der Waals surface area contributed by atoms with Gasteiger partial charge in [0.05, 0.1) is 6.61 Å². The average molecular weight is 313 g/mol. The Balaban J connectivity index is 1.48. The zero-order valence-electron chi connectivity index (χ0n) is 13.1. The van der Waals surface area contributed by atoms with Gasteiger partial charge in [0.1, 0.15) is 11.6 Å². The molecule has 0 bridgehead atoms. The van der Waals surface area contributed by atoms with Gasteiger partial charge >= 0.3 is 0 Å². The highest BCUT2D eigenvalue weighted by atomic mass is 19.1. The quantitative estimate of drug-likeness (QED) is 0.919. The number of carbonyl (C=O) groups excluding carboxylic acids is 1. The van der Waals surface area contributed by atoms with Crippen LogP contribution in [0.15, 0.2) is 42.5 Å². The summed E-state index contributed by atoms with van der Waals surface area (Å²) in [5, 5.41) is 2.95. The normalized spacial score (nSPS) is 15.8. The monoisotopic (exact) mass is 313 g/mol. The van der Waals surface area contributed by atoms with Crippen LogP contribution in [0.1, 0.15) is 29.0 Å². The number of amides is 1. The predicted octanol–water partition coefficient (Wildman–Crippen LogP) is 3.36. The van der Waals surface area contributed by atoms with Gasteiger partial charge in [0.2, 0.25) is 5.91 Å². The average Bonchev–Trinajstić information content (AvgIpc) is 2.97. The number of para-hydroxylation sites is 1. The summed E-state index contributed by atoms with van der Waals surface area (Å²) >= 11 is 0. The maximum atomic E-state index is 13.5. The summed E-state index contributed by atoms with van der Waals surface area (Å²) in [6.07, 6.45) is 0.901. The molecule has 0 aliphatic carbocycles. The molecule has 23 heavy (non-hydrogen) atoms. The molecule has 120 valence electrons. The summed E-state index contributed by atoms with van der Waals surface area (Å²) in [6, 6.07) is 13.0. The van der Waals surface area contributed by atoms with E-state index in [0.717, 1.165) is 16.9 Å². The van der Waals surface area contributed by atoms with Crippen LogP contribution in [0.3, 0.4) is 0 Å². The van der Waals surface area contributed by atoms with Gasteiger partial charge in [0, 0.05) is 24.4 Å². The molecule has 0 saturated heterocycles. The molecule has 1 N–H and O–H groups in total. The fourth-order valence-corrected chi connectivity index (χ4v) is 2.77. The van der Waals surface area contributed by atoms with E-state index >= 15 is 0 Å². The van der Waals surface area contributed by atoms with Crippen LogP contribution in [-0.2, 0) is 11.2 Å². The van der Waals surface area contributed by atoms with Crippen molar-refractivity contribution >= 4 is 5.91 Å². The highest BCUT2D eigenvalue weighted by molar-refractivity contribution is 5.76. The van der Waals surface area contributed by atoms with Crippen molar-refractivity contribution in [1.29, 1.82) is 0 Å². The number of benzene rings is 2. The molecule has 1 aliphatic rings. The van der Waals surface area contributed by atoms with Crippen LogP contribution < -0.4 is 10.1 Å².